The number of nitriles is 1. The standard InChI is InChI=1S/C23H20F3N3O6S/c1-35-22(32)15-8-6-14(7-9-15)21(31)29-13-16(12-18(29)20(30)28-11-10-27)36(33,34)19-5-3-2-4-17(19)23(24,25)26/h2-9,16,18H,11-13H2,1H3,(H,28,30)/t16-,18?/m1/s1. The molecule has 2 atom stereocenters. The Kier molecular flexibility index (Phi) is 7.68. The Bertz CT molecular complexity index is 1320. The quantitative estimate of drug-likeness (QED) is 0.453. The summed E-state index contributed by atoms with van der Waals surface area (Å²) in [7, 11) is -3.46. The van der Waals surface area contributed by atoms with Crippen LogP contribution < -0.4 is 5.32 Å². The van der Waals surface area contributed by atoms with Crippen molar-refractivity contribution >= 4 is 27.6 Å². The maximum absolute atomic E-state index is 13.5. The monoisotopic (exact) mass is 523 g/mol. The van der Waals surface area contributed by atoms with E-state index in [1.807, 2.05) is 0 Å². The van der Waals surface area contributed by atoms with E-state index in [1.165, 1.54) is 31.4 Å². The molecule has 1 aliphatic rings. The number of carbonyl (C=O) groups is 3. The molecule has 3 rings (SSSR count). The minimum absolute atomic E-state index is 0.00877. The number of hydrogen-bond donors (Lipinski definition) is 1. The molecule has 1 N–H and O–H groups in total. The Morgan fingerprint density at radius 3 is 2.31 bits per heavy atom. The van der Waals surface area contributed by atoms with Gasteiger partial charge in [-0.25, -0.2) is 13.2 Å². The number of alkyl halides is 3. The summed E-state index contributed by atoms with van der Waals surface area (Å²) < 4.78 is 71.6. The Morgan fingerprint density at radius 2 is 1.72 bits per heavy atom. The third-order valence-electron chi connectivity index (χ3n) is 5.66. The molecule has 2 aromatic rings. The van der Waals surface area contributed by atoms with E-state index in [0.717, 1.165) is 23.1 Å². The van der Waals surface area contributed by atoms with Gasteiger partial charge in [-0.2, -0.15) is 18.4 Å². The van der Waals surface area contributed by atoms with Gasteiger partial charge in [0.05, 0.1) is 34.5 Å². The van der Waals surface area contributed by atoms with Gasteiger partial charge in [-0.3, -0.25) is 9.59 Å². The number of ether oxygens (including phenoxy) is 1. The van der Waals surface area contributed by atoms with Gasteiger partial charge < -0.3 is 15.0 Å². The molecular formula is C23H20F3N3O6S. The molecule has 2 amide bonds. The van der Waals surface area contributed by atoms with Crippen molar-refractivity contribution in [3.05, 3.63) is 65.2 Å². The fourth-order valence-corrected chi connectivity index (χ4v) is 5.81. The molecule has 1 heterocycles. The number of likely N-dealkylation sites (tertiary alicyclic amines) is 1. The highest BCUT2D eigenvalue weighted by atomic mass is 32.2. The minimum Gasteiger partial charge on any atom is -0.465 e. The van der Waals surface area contributed by atoms with E-state index >= 15 is 0 Å². The van der Waals surface area contributed by atoms with E-state index in [2.05, 4.69) is 10.1 Å². The highest BCUT2D eigenvalue weighted by Crippen LogP contribution is 2.37. The number of methoxy groups -OCH3 is 1. The summed E-state index contributed by atoms with van der Waals surface area (Å²) in [6.07, 6.45) is -5.42. The van der Waals surface area contributed by atoms with Crippen LogP contribution in [-0.2, 0) is 25.5 Å². The summed E-state index contributed by atoms with van der Waals surface area (Å²) in [4.78, 5) is 37.5. The lowest BCUT2D eigenvalue weighted by atomic mass is 10.1. The summed E-state index contributed by atoms with van der Waals surface area (Å²) in [5, 5.41) is 9.50. The molecular weight excluding hydrogens is 503 g/mol. The predicted octanol–water partition coefficient (Wildman–Crippen LogP) is 2.19. The van der Waals surface area contributed by atoms with Gasteiger partial charge >= 0.3 is 12.1 Å². The summed E-state index contributed by atoms with van der Waals surface area (Å²) in [6.45, 7) is -0.976. The lowest BCUT2D eigenvalue weighted by molar-refractivity contribution is -0.139. The third-order valence-corrected chi connectivity index (χ3v) is 7.85. The van der Waals surface area contributed by atoms with Gasteiger partial charge in [0, 0.05) is 12.1 Å². The van der Waals surface area contributed by atoms with Gasteiger partial charge in [-0.1, -0.05) is 12.1 Å². The van der Waals surface area contributed by atoms with Crippen LogP contribution in [0.5, 0.6) is 0 Å². The zero-order chi connectivity index (χ0) is 26.7. The van der Waals surface area contributed by atoms with Crippen molar-refractivity contribution in [2.24, 2.45) is 0 Å². The topological polar surface area (TPSA) is 134 Å². The molecule has 190 valence electrons. The largest absolute Gasteiger partial charge is 0.465 e. The third kappa shape index (κ3) is 5.33. The molecule has 1 aliphatic heterocycles. The molecule has 0 spiro atoms. The number of benzene rings is 2. The van der Waals surface area contributed by atoms with Crippen LogP contribution in [0.1, 0.15) is 32.7 Å². The SMILES string of the molecule is COC(=O)c1ccc(C(=O)N2C[C@H](S(=O)(=O)c3ccccc3C(F)(F)F)CC2C(=O)NCC#N)cc1. The maximum Gasteiger partial charge on any atom is 0.417 e. The fraction of sp³-hybridized carbons (Fsp3) is 0.304. The number of nitrogens with zero attached hydrogens (tertiary/aromatic N) is 2. The van der Waals surface area contributed by atoms with Gasteiger partial charge in [0.15, 0.2) is 9.84 Å². The van der Waals surface area contributed by atoms with Crippen LogP contribution in [0.25, 0.3) is 0 Å². The zero-order valence-corrected chi connectivity index (χ0v) is 19.6. The van der Waals surface area contributed by atoms with Crippen molar-refractivity contribution in [2.75, 3.05) is 20.2 Å². The number of amides is 2. The zero-order valence-electron chi connectivity index (χ0n) is 18.8. The summed E-state index contributed by atoms with van der Waals surface area (Å²) in [5.74, 6) is -2.25. The summed E-state index contributed by atoms with van der Waals surface area (Å²) >= 11 is 0. The molecule has 13 heteroatoms. The number of halogens is 3. The first-order valence-corrected chi connectivity index (χ1v) is 12.0. The second-order valence-electron chi connectivity index (χ2n) is 7.81. The Balaban J connectivity index is 1.98. The van der Waals surface area contributed by atoms with Crippen LogP contribution in [0.4, 0.5) is 13.2 Å². The normalized spacial score (nSPS) is 17.8. The number of rotatable bonds is 6. The van der Waals surface area contributed by atoms with Gasteiger partial charge in [-0.15, -0.1) is 0 Å². The lowest BCUT2D eigenvalue weighted by Crippen LogP contribution is -2.46. The lowest BCUT2D eigenvalue weighted by Gasteiger charge is -2.23. The molecule has 2 aromatic carbocycles. The van der Waals surface area contributed by atoms with E-state index in [0.29, 0.717) is 6.07 Å². The van der Waals surface area contributed by atoms with Gasteiger partial charge in [-0.05, 0) is 42.8 Å². The van der Waals surface area contributed by atoms with Crippen LogP contribution in [0.2, 0.25) is 0 Å². The average Bonchev–Trinajstić information content (AvgIpc) is 3.32. The first-order chi connectivity index (χ1) is 16.9. The van der Waals surface area contributed by atoms with Crippen LogP contribution in [-0.4, -0.2) is 62.6 Å². The number of hydrogen-bond acceptors (Lipinski definition) is 7. The fourth-order valence-electron chi connectivity index (χ4n) is 3.90. The van der Waals surface area contributed by atoms with Crippen LogP contribution >= 0.6 is 0 Å². The summed E-state index contributed by atoms with van der Waals surface area (Å²) in [5.41, 5.74) is -1.20. The summed E-state index contributed by atoms with van der Waals surface area (Å²) in [6, 6.07) is 9.17. The molecule has 1 fully saturated rings. The van der Waals surface area contributed by atoms with Crippen molar-refractivity contribution in [1.82, 2.24) is 10.2 Å². The van der Waals surface area contributed by atoms with Crippen LogP contribution in [0.3, 0.4) is 0 Å². The molecule has 0 bridgehead atoms. The van der Waals surface area contributed by atoms with Crippen molar-refractivity contribution in [3.63, 3.8) is 0 Å². The second-order valence-corrected chi connectivity index (χ2v) is 10.0. The van der Waals surface area contributed by atoms with E-state index in [9.17, 15) is 36.0 Å². The van der Waals surface area contributed by atoms with Crippen molar-refractivity contribution in [1.29, 1.82) is 5.26 Å². The first-order valence-electron chi connectivity index (χ1n) is 10.5. The van der Waals surface area contributed by atoms with E-state index in [4.69, 9.17) is 5.26 Å². The Labute approximate surface area is 204 Å². The number of esters is 1. The Morgan fingerprint density at radius 1 is 1.11 bits per heavy atom. The van der Waals surface area contributed by atoms with Gasteiger partial charge in [0.25, 0.3) is 5.91 Å². The molecule has 0 saturated carbocycles. The van der Waals surface area contributed by atoms with Crippen molar-refractivity contribution in [2.45, 2.75) is 28.8 Å². The molecule has 1 saturated heterocycles. The molecule has 0 aromatic heterocycles. The molecule has 0 aliphatic carbocycles. The molecule has 9 nitrogen and oxygen atoms in total. The van der Waals surface area contributed by atoms with E-state index < -0.39 is 75.1 Å². The van der Waals surface area contributed by atoms with Gasteiger partial charge in [0.2, 0.25) is 5.91 Å². The van der Waals surface area contributed by atoms with E-state index in [-0.39, 0.29) is 11.1 Å². The van der Waals surface area contributed by atoms with Crippen molar-refractivity contribution in [3.8, 4) is 6.07 Å². The van der Waals surface area contributed by atoms with Crippen LogP contribution in [0, 0.1) is 11.3 Å². The number of carbonyl (C=O) groups excluding carboxylic acids is 3. The van der Waals surface area contributed by atoms with Crippen LogP contribution in [0.15, 0.2) is 53.4 Å². The van der Waals surface area contributed by atoms with Gasteiger partial charge in [0.1, 0.15) is 12.6 Å². The average molecular weight is 523 g/mol. The van der Waals surface area contributed by atoms with E-state index in [1.54, 1.807) is 6.07 Å². The highest BCUT2D eigenvalue weighted by molar-refractivity contribution is 7.92. The molecule has 36 heavy (non-hydrogen) atoms. The highest BCUT2D eigenvalue weighted by Gasteiger charge is 2.47. The second kappa shape index (κ2) is 10.4. The first kappa shape index (κ1) is 26.7. The number of sulfone groups is 1. The van der Waals surface area contributed by atoms with Crippen molar-refractivity contribution < 1.29 is 40.7 Å². The molecule has 1 unspecified atom stereocenters. The molecule has 0 radical (unpaired) electrons. The minimum atomic E-state index is -4.94. The maximum atomic E-state index is 13.5. The smallest absolute Gasteiger partial charge is 0.417 e. The Hall–Kier alpha value is -3.92. The predicted molar refractivity (Wildman–Crippen MR) is 118 cm³/mol. The number of nitrogens with one attached hydrogen (secondary N) is 1.